The zero-order valence-electron chi connectivity index (χ0n) is 19.5. The van der Waals surface area contributed by atoms with Crippen LogP contribution in [0, 0.1) is 6.92 Å². The van der Waals surface area contributed by atoms with E-state index in [1.165, 1.54) is 16.8 Å². The van der Waals surface area contributed by atoms with Crippen LogP contribution in [-0.4, -0.2) is 36.7 Å². The molecule has 4 rings (SSSR count). The minimum Gasteiger partial charge on any atom is -0.480 e. The highest BCUT2D eigenvalue weighted by Crippen LogP contribution is 2.40. The van der Waals surface area contributed by atoms with Gasteiger partial charge in [-0.2, -0.15) is 17.9 Å². The third kappa shape index (κ3) is 4.89. The fourth-order valence-corrected chi connectivity index (χ4v) is 3.77. The van der Waals surface area contributed by atoms with Gasteiger partial charge in [-0.3, -0.25) is 4.57 Å². The van der Waals surface area contributed by atoms with Crippen molar-refractivity contribution >= 4 is 22.4 Å². The predicted molar refractivity (Wildman–Crippen MR) is 127 cm³/mol. The van der Waals surface area contributed by atoms with E-state index in [1.54, 1.807) is 37.3 Å². The second-order valence-electron chi connectivity index (χ2n) is 8.01. The maximum absolute atomic E-state index is 13.4. The van der Waals surface area contributed by atoms with E-state index in [4.69, 9.17) is 21.1 Å². The van der Waals surface area contributed by atoms with Crippen LogP contribution in [0.15, 0.2) is 47.4 Å². The van der Waals surface area contributed by atoms with E-state index in [0.29, 0.717) is 5.39 Å². The third-order valence-corrected chi connectivity index (χ3v) is 5.79. The summed E-state index contributed by atoms with van der Waals surface area (Å²) in [6, 6.07) is 9.43. The number of nitrogens with zero attached hydrogens (tertiary/aromatic N) is 4. The molecule has 0 spiro atoms. The molecule has 12 heteroatoms. The van der Waals surface area contributed by atoms with E-state index in [1.807, 2.05) is 6.92 Å². The van der Waals surface area contributed by atoms with Gasteiger partial charge < -0.3 is 14.6 Å². The Hall–Kier alpha value is -3.57. The van der Waals surface area contributed by atoms with Crippen molar-refractivity contribution in [2.45, 2.75) is 46.2 Å². The lowest BCUT2D eigenvalue weighted by atomic mass is 10.1. The van der Waals surface area contributed by atoms with Crippen molar-refractivity contribution in [2.24, 2.45) is 0 Å². The van der Waals surface area contributed by atoms with Gasteiger partial charge in [0.2, 0.25) is 5.88 Å². The van der Waals surface area contributed by atoms with Gasteiger partial charge >= 0.3 is 11.9 Å². The molecule has 0 aliphatic heterocycles. The van der Waals surface area contributed by atoms with E-state index in [2.05, 4.69) is 10.1 Å². The number of ether oxygens (including phenoxy) is 2. The first-order chi connectivity index (χ1) is 17.0. The molecule has 0 saturated carbocycles. The van der Waals surface area contributed by atoms with Crippen LogP contribution in [0.5, 0.6) is 17.4 Å². The second-order valence-corrected chi connectivity index (χ2v) is 8.42. The van der Waals surface area contributed by atoms with Crippen LogP contribution in [0.2, 0.25) is 5.02 Å². The summed E-state index contributed by atoms with van der Waals surface area (Å²) in [5.41, 5.74) is 0.432. The van der Waals surface area contributed by atoms with Gasteiger partial charge in [-0.15, -0.1) is 5.10 Å². The molecule has 1 N–H and O–H groups in total. The zero-order valence-corrected chi connectivity index (χ0v) is 20.3. The lowest BCUT2D eigenvalue weighted by molar-refractivity contribution is -0.189. The number of benzene rings is 2. The molecule has 0 saturated heterocycles. The number of aliphatic hydroxyl groups excluding tert-OH is 1. The molecule has 0 unspecified atom stereocenters. The fraction of sp³-hybridized carbons (Fsp3) is 0.292. The summed E-state index contributed by atoms with van der Waals surface area (Å²) in [4.78, 5) is 17.1. The molecule has 0 fully saturated rings. The van der Waals surface area contributed by atoms with Gasteiger partial charge in [-0.25, -0.2) is 9.78 Å². The third-order valence-electron chi connectivity index (χ3n) is 5.48. The highest BCUT2D eigenvalue weighted by Gasteiger charge is 2.38. The van der Waals surface area contributed by atoms with Gasteiger partial charge in [0.1, 0.15) is 18.1 Å². The standard InChI is InChI=1S/C24H22ClF3N4O4/c1-4-31-20(12-33)30-32(23(31)34)16-10-15-7-8-29-22(36-18-9-13(2)5-6-17(18)25)21(15)19(11-16)35-14(3)24(26,27)28/h5-11,14,33H,4,12H2,1-3H3/t14-/m0/s1. The average molecular weight is 523 g/mol. The molecule has 1 atom stereocenters. The zero-order chi connectivity index (χ0) is 26.2. The first-order valence-corrected chi connectivity index (χ1v) is 11.3. The Balaban J connectivity index is 1.94. The molecular weight excluding hydrogens is 501 g/mol. The number of alkyl halides is 3. The molecule has 8 nitrogen and oxygen atoms in total. The Morgan fingerprint density at radius 3 is 2.56 bits per heavy atom. The van der Waals surface area contributed by atoms with Crippen LogP contribution in [0.4, 0.5) is 13.2 Å². The molecule has 2 heterocycles. The van der Waals surface area contributed by atoms with Crippen LogP contribution in [0.3, 0.4) is 0 Å². The van der Waals surface area contributed by atoms with Gasteiger partial charge in [0.25, 0.3) is 0 Å². The number of hydrogen-bond donors (Lipinski definition) is 1. The highest BCUT2D eigenvalue weighted by molar-refractivity contribution is 6.32. The summed E-state index contributed by atoms with van der Waals surface area (Å²) in [5.74, 6) is 0.128. The molecule has 2 aromatic heterocycles. The maximum Gasteiger partial charge on any atom is 0.425 e. The van der Waals surface area contributed by atoms with Crippen molar-refractivity contribution in [3.05, 3.63) is 69.5 Å². The van der Waals surface area contributed by atoms with Gasteiger partial charge in [-0.1, -0.05) is 17.7 Å². The summed E-state index contributed by atoms with van der Waals surface area (Å²) in [5, 5.41) is 14.5. The number of rotatable bonds is 7. The number of fused-ring (bicyclic) bond motifs is 1. The van der Waals surface area contributed by atoms with E-state index in [-0.39, 0.29) is 45.8 Å². The summed E-state index contributed by atoms with van der Waals surface area (Å²) < 4.78 is 53.8. The van der Waals surface area contributed by atoms with Crippen LogP contribution >= 0.6 is 11.6 Å². The first-order valence-electron chi connectivity index (χ1n) is 10.9. The van der Waals surface area contributed by atoms with Crippen molar-refractivity contribution < 1.29 is 27.8 Å². The van der Waals surface area contributed by atoms with Crippen LogP contribution in [0.1, 0.15) is 25.2 Å². The molecule has 0 aliphatic rings. The molecule has 0 aliphatic carbocycles. The largest absolute Gasteiger partial charge is 0.480 e. The van der Waals surface area contributed by atoms with Crippen molar-refractivity contribution in [2.75, 3.05) is 0 Å². The van der Waals surface area contributed by atoms with Gasteiger partial charge in [0.05, 0.1) is 16.1 Å². The van der Waals surface area contributed by atoms with Crippen molar-refractivity contribution in [3.8, 4) is 23.1 Å². The molecule has 0 amide bonds. The van der Waals surface area contributed by atoms with Crippen LogP contribution < -0.4 is 15.2 Å². The smallest absolute Gasteiger partial charge is 0.425 e. The minimum absolute atomic E-state index is 0.0293. The Morgan fingerprint density at radius 2 is 1.92 bits per heavy atom. The van der Waals surface area contributed by atoms with Gasteiger partial charge in [0, 0.05) is 18.8 Å². The van der Waals surface area contributed by atoms with E-state index >= 15 is 0 Å². The summed E-state index contributed by atoms with van der Waals surface area (Å²) in [7, 11) is 0. The second kappa shape index (κ2) is 9.82. The monoisotopic (exact) mass is 522 g/mol. The number of aromatic nitrogens is 4. The predicted octanol–water partition coefficient (Wildman–Crippen LogP) is 5.18. The number of aryl methyl sites for hydroxylation is 1. The van der Waals surface area contributed by atoms with Crippen molar-refractivity contribution in [1.82, 2.24) is 19.3 Å². The molecule has 190 valence electrons. The van der Waals surface area contributed by atoms with Gasteiger partial charge in [-0.05, 0) is 56.0 Å². The van der Waals surface area contributed by atoms with E-state index < -0.39 is 24.6 Å². The Labute approximate surface area is 208 Å². The Kier molecular flexibility index (Phi) is 6.96. The molecular formula is C24H22ClF3N4O4. The van der Waals surface area contributed by atoms with Crippen molar-refractivity contribution in [3.63, 3.8) is 0 Å². The normalized spacial score (nSPS) is 12.7. The van der Waals surface area contributed by atoms with Gasteiger partial charge in [0.15, 0.2) is 11.9 Å². The van der Waals surface area contributed by atoms with Crippen molar-refractivity contribution in [1.29, 1.82) is 0 Å². The first kappa shape index (κ1) is 25.5. The van der Waals surface area contributed by atoms with E-state index in [9.17, 15) is 23.1 Å². The average Bonchev–Trinajstić information content (AvgIpc) is 3.16. The lowest BCUT2D eigenvalue weighted by Gasteiger charge is -2.20. The molecule has 2 aromatic carbocycles. The number of hydrogen-bond acceptors (Lipinski definition) is 6. The molecule has 0 bridgehead atoms. The Bertz CT molecular complexity index is 1480. The maximum atomic E-state index is 13.4. The fourth-order valence-electron chi connectivity index (χ4n) is 3.61. The molecule has 0 radical (unpaired) electrons. The van der Waals surface area contributed by atoms with Crippen LogP contribution in [0.25, 0.3) is 16.5 Å². The lowest BCUT2D eigenvalue weighted by Crippen LogP contribution is -2.31. The number of pyridine rings is 1. The molecule has 4 aromatic rings. The summed E-state index contributed by atoms with van der Waals surface area (Å²) in [6.45, 7) is 4.17. The quantitative estimate of drug-likeness (QED) is 0.360. The molecule has 36 heavy (non-hydrogen) atoms. The summed E-state index contributed by atoms with van der Waals surface area (Å²) in [6.07, 6.45) is -5.42. The summed E-state index contributed by atoms with van der Waals surface area (Å²) >= 11 is 6.25. The minimum atomic E-state index is -4.66. The Morgan fingerprint density at radius 1 is 1.17 bits per heavy atom. The van der Waals surface area contributed by atoms with Crippen LogP contribution in [-0.2, 0) is 13.2 Å². The highest BCUT2D eigenvalue weighted by atomic mass is 35.5. The van der Waals surface area contributed by atoms with E-state index in [0.717, 1.165) is 17.2 Å². The topological polar surface area (TPSA) is 91.4 Å². The SMILES string of the molecule is CCn1c(CO)nn(-c2cc(O[C@@H](C)C(F)(F)F)c3c(Oc4cc(C)ccc4Cl)nccc3c2)c1=O. The number of halogens is 4. The number of aliphatic hydroxyl groups is 1.